The minimum absolute atomic E-state index is 0.390. The van der Waals surface area contributed by atoms with Gasteiger partial charge in [-0.15, -0.1) is 0 Å². The molecule has 128 valence electrons. The van der Waals surface area contributed by atoms with Crippen molar-refractivity contribution in [3.05, 3.63) is 60.7 Å². The van der Waals surface area contributed by atoms with E-state index in [9.17, 15) is 0 Å². The Bertz CT molecular complexity index is 788. The highest BCUT2D eigenvalue weighted by Gasteiger charge is 2.23. The summed E-state index contributed by atoms with van der Waals surface area (Å²) in [6, 6.07) is 5.75. The molecule has 0 aromatic carbocycles. The molecule has 0 unspecified atom stereocenters. The van der Waals surface area contributed by atoms with Crippen molar-refractivity contribution in [3.63, 3.8) is 0 Å². The number of imidazole rings is 1. The number of nitrogens with zero attached hydrogens (tertiary/aromatic N) is 5. The van der Waals surface area contributed by atoms with E-state index in [1.165, 1.54) is 0 Å². The number of aromatic nitrogens is 5. The van der Waals surface area contributed by atoms with E-state index in [2.05, 4.69) is 30.2 Å². The first kappa shape index (κ1) is 15.7. The van der Waals surface area contributed by atoms with Gasteiger partial charge in [-0.1, -0.05) is 6.07 Å². The number of piperidine rings is 1. The van der Waals surface area contributed by atoms with Crippen LogP contribution in [0.3, 0.4) is 0 Å². The lowest BCUT2D eigenvalue weighted by Gasteiger charge is -2.31. The van der Waals surface area contributed by atoms with Crippen LogP contribution in [0.25, 0.3) is 0 Å². The number of aromatic amines is 1. The molecule has 0 radical (unpaired) electrons. The third-order valence-electron chi connectivity index (χ3n) is 4.43. The Morgan fingerprint density at radius 1 is 1.16 bits per heavy atom. The molecule has 1 aliphatic rings. The van der Waals surface area contributed by atoms with Crippen molar-refractivity contribution in [1.82, 2.24) is 29.8 Å². The fraction of sp³-hybridized carbons (Fsp3) is 0.333. The van der Waals surface area contributed by atoms with Crippen molar-refractivity contribution in [1.29, 1.82) is 0 Å². The number of hydrogen-bond acceptors (Lipinski definition) is 6. The van der Waals surface area contributed by atoms with Crippen molar-refractivity contribution in [2.75, 3.05) is 18.4 Å². The smallest absolute Gasteiger partial charge is 0.150 e. The van der Waals surface area contributed by atoms with Crippen LogP contribution < -0.4 is 5.32 Å². The van der Waals surface area contributed by atoms with Crippen molar-refractivity contribution in [2.24, 2.45) is 0 Å². The molecule has 0 amide bonds. The van der Waals surface area contributed by atoms with Gasteiger partial charge in [-0.25, -0.2) is 15.0 Å². The lowest BCUT2D eigenvalue weighted by molar-refractivity contribution is 0.194. The molecular weight excluding hydrogens is 314 g/mol. The number of H-pyrrole nitrogens is 1. The second-order valence-corrected chi connectivity index (χ2v) is 6.28. The predicted molar refractivity (Wildman–Crippen MR) is 95.4 cm³/mol. The van der Waals surface area contributed by atoms with E-state index in [1.807, 2.05) is 30.6 Å². The molecule has 7 nitrogen and oxygen atoms in total. The van der Waals surface area contributed by atoms with Crippen molar-refractivity contribution in [3.8, 4) is 0 Å². The van der Waals surface area contributed by atoms with E-state index in [4.69, 9.17) is 4.98 Å². The average Bonchev–Trinajstić information content (AvgIpc) is 3.16. The molecule has 1 atom stereocenters. The van der Waals surface area contributed by atoms with Crippen molar-refractivity contribution in [2.45, 2.75) is 25.3 Å². The molecule has 0 saturated carbocycles. The molecule has 0 bridgehead atoms. The quantitative estimate of drug-likeness (QED) is 0.746. The van der Waals surface area contributed by atoms with Gasteiger partial charge in [0.1, 0.15) is 17.5 Å². The number of hydrogen-bond donors (Lipinski definition) is 2. The third-order valence-corrected chi connectivity index (χ3v) is 4.43. The van der Waals surface area contributed by atoms with Crippen molar-refractivity contribution < 1.29 is 0 Å². The summed E-state index contributed by atoms with van der Waals surface area (Å²) in [6.45, 7) is 2.92. The van der Waals surface area contributed by atoms with E-state index in [-0.39, 0.29) is 0 Å². The van der Waals surface area contributed by atoms with Crippen LogP contribution in [0.1, 0.15) is 30.3 Å². The molecule has 3 aromatic rings. The highest BCUT2D eigenvalue weighted by molar-refractivity contribution is 5.50. The summed E-state index contributed by atoms with van der Waals surface area (Å²) in [6.07, 6.45) is 11.3. The minimum atomic E-state index is 0.390. The summed E-state index contributed by atoms with van der Waals surface area (Å²) in [5.41, 5.74) is 1.03. The molecule has 3 aromatic heterocycles. The number of anilines is 2. The number of nitrogens with one attached hydrogen (secondary N) is 2. The second kappa shape index (κ2) is 7.40. The zero-order chi connectivity index (χ0) is 16.9. The van der Waals surface area contributed by atoms with Gasteiger partial charge in [0.25, 0.3) is 0 Å². The zero-order valence-corrected chi connectivity index (χ0v) is 14.0. The molecule has 0 aliphatic carbocycles. The SMILES string of the molecule is c1ccc(Nc2cncc([C@H]3CCCN(Cc4ncc[nH]4)C3)n2)nc1. The number of rotatable bonds is 5. The van der Waals surface area contributed by atoms with Gasteiger partial charge in [0.2, 0.25) is 0 Å². The Labute approximate surface area is 146 Å². The Hall–Kier alpha value is -2.80. The van der Waals surface area contributed by atoms with Gasteiger partial charge in [0.05, 0.1) is 18.4 Å². The lowest BCUT2D eigenvalue weighted by atomic mass is 9.95. The van der Waals surface area contributed by atoms with E-state index < -0.39 is 0 Å². The molecular formula is C18H21N7. The molecule has 25 heavy (non-hydrogen) atoms. The van der Waals surface area contributed by atoms with Crippen LogP contribution in [-0.4, -0.2) is 42.9 Å². The summed E-state index contributed by atoms with van der Waals surface area (Å²) >= 11 is 0. The van der Waals surface area contributed by atoms with Crippen LogP contribution in [0.15, 0.2) is 49.2 Å². The fourth-order valence-electron chi connectivity index (χ4n) is 3.24. The van der Waals surface area contributed by atoms with Crippen LogP contribution in [0.4, 0.5) is 11.6 Å². The van der Waals surface area contributed by atoms with Gasteiger partial charge >= 0.3 is 0 Å². The molecule has 0 spiro atoms. The first-order chi connectivity index (χ1) is 12.4. The second-order valence-electron chi connectivity index (χ2n) is 6.28. The normalized spacial score (nSPS) is 18.2. The summed E-state index contributed by atoms with van der Waals surface area (Å²) in [5.74, 6) is 2.91. The maximum Gasteiger partial charge on any atom is 0.150 e. The Balaban J connectivity index is 1.44. The molecule has 1 fully saturated rings. The highest BCUT2D eigenvalue weighted by atomic mass is 15.2. The van der Waals surface area contributed by atoms with Crippen LogP contribution in [0.5, 0.6) is 0 Å². The Morgan fingerprint density at radius 3 is 3.00 bits per heavy atom. The molecule has 4 heterocycles. The molecule has 1 saturated heterocycles. The molecule has 7 heteroatoms. The lowest BCUT2D eigenvalue weighted by Crippen LogP contribution is -2.34. The standard InChI is InChI=1S/C18H21N7/c1-2-6-20-16(5-1)24-17-11-19-10-15(23-17)14-4-3-9-25(12-14)13-18-21-7-8-22-18/h1-2,5-8,10-11,14H,3-4,9,12-13H2,(H,21,22)(H,20,23,24)/t14-/m0/s1. The van der Waals surface area contributed by atoms with Gasteiger partial charge in [-0.05, 0) is 31.5 Å². The van der Waals surface area contributed by atoms with Gasteiger partial charge in [-0.3, -0.25) is 9.88 Å². The first-order valence-electron chi connectivity index (χ1n) is 8.57. The van der Waals surface area contributed by atoms with E-state index in [0.29, 0.717) is 5.92 Å². The van der Waals surface area contributed by atoms with E-state index in [1.54, 1.807) is 18.6 Å². The Morgan fingerprint density at radius 2 is 2.16 bits per heavy atom. The number of pyridine rings is 1. The summed E-state index contributed by atoms with van der Waals surface area (Å²) in [5, 5.41) is 3.22. The minimum Gasteiger partial charge on any atom is -0.348 e. The van der Waals surface area contributed by atoms with Gasteiger partial charge in [-0.2, -0.15) is 0 Å². The predicted octanol–water partition coefficient (Wildman–Crippen LogP) is 2.72. The average molecular weight is 335 g/mol. The molecule has 1 aliphatic heterocycles. The molecule has 2 N–H and O–H groups in total. The maximum atomic E-state index is 4.76. The summed E-state index contributed by atoms with van der Waals surface area (Å²) < 4.78 is 0. The van der Waals surface area contributed by atoms with Crippen molar-refractivity contribution >= 4 is 11.6 Å². The maximum absolute atomic E-state index is 4.76. The van der Waals surface area contributed by atoms with Crippen LogP contribution >= 0.6 is 0 Å². The first-order valence-corrected chi connectivity index (χ1v) is 8.57. The van der Waals surface area contributed by atoms with Crippen LogP contribution in [0.2, 0.25) is 0 Å². The van der Waals surface area contributed by atoms with E-state index >= 15 is 0 Å². The van der Waals surface area contributed by atoms with Gasteiger partial charge in [0, 0.05) is 37.3 Å². The van der Waals surface area contributed by atoms with Gasteiger partial charge in [0.15, 0.2) is 0 Å². The number of likely N-dealkylation sites (tertiary alicyclic amines) is 1. The van der Waals surface area contributed by atoms with E-state index in [0.717, 1.165) is 55.6 Å². The highest BCUT2D eigenvalue weighted by Crippen LogP contribution is 2.26. The van der Waals surface area contributed by atoms with Crippen LogP contribution in [-0.2, 0) is 6.54 Å². The van der Waals surface area contributed by atoms with Crippen LogP contribution in [0, 0.1) is 0 Å². The zero-order valence-electron chi connectivity index (χ0n) is 14.0. The monoisotopic (exact) mass is 335 g/mol. The largest absolute Gasteiger partial charge is 0.348 e. The Kier molecular flexibility index (Phi) is 4.65. The fourth-order valence-corrected chi connectivity index (χ4v) is 3.24. The summed E-state index contributed by atoms with van der Waals surface area (Å²) in [7, 11) is 0. The molecule has 4 rings (SSSR count). The topological polar surface area (TPSA) is 82.6 Å². The summed E-state index contributed by atoms with van der Waals surface area (Å²) in [4.78, 5) is 23.3. The third kappa shape index (κ3) is 4.00. The van der Waals surface area contributed by atoms with Gasteiger partial charge < -0.3 is 10.3 Å².